The van der Waals surface area contributed by atoms with Gasteiger partial charge in [0.2, 0.25) is 5.91 Å². The fourth-order valence-electron chi connectivity index (χ4n) is 4.09. The van der Waals surface area contributed by atoms with Crippen molar-refractivity contribution < 1.29 is 13.9 Å². The van der Waals surface area contributed by atoms with E-state index in [4.69, 9.17) is 9.15 Å². The van der Waals surface area contributed by atoms with E-state index in [2.05, 4.69) is 15.5 Å². The summed E-state index contributed by atoms with van der Waals surface area (Å²) in [7, 11) is 1.68. The summed E-state index contributed by atoms with van der Waals surface area (Å²) in [5, 5.41) is 6.55. The van der Waals surface area contributed by atoms with Gasteiger partial charge in [0.05, 0.1) is 18.1 Å². The van der Waals surface area contributed by atoms with Gasteiger partial charge in [-0.25, -0.2) is 0 Å². The van der Waals surface area contributed by atoms with Crippen molar-refractivity contribution in [3.05, 3.63) is 23.7 Å². The first-order chi connectivity index (χ1) is 12.1. The molecule has 2 fully saturated rings. The van der Waals surface area contributed by atoms with E-state index in [1.807, 2.05) is 19.1 Å². The third-order valence-electron chi connectivity index (χ3n) is 5.59. The molecule has 2 N–H and O–H groups in total. The second-order valence-electron chi connectivity index (χ2n) is 7.38. The predicted molar refractivity (Wildman–Crippen MR) is 96.4 cm³/mol. The fraction of sp³-hybridized carbons (Fsp3) is 0.737. The number of methoxy groups -OCH3 is 1. The Hall–Kier alpha value is -1.37. The maximum atomic E-state index is 13.0. The molecule has 2 aliphatic heterocycles. The standard InChI is InChI=1S/C19H31N3O3/c1-15-5-6-17(25-15)16(22-11-3-4-12-22)13-21-18(23)19(14-24-2)7-9-20-10-8-19/h5-6,16,20H,3-4,7-14H2,1-2H3,(H,21,23). The number of ether oxygens (including phenoxy) is 1. The van der Waals surface area contributed by atoms with Gasteiger partial charge in [-0.15, -0.1) is 0 Å². The Morgan fingerprint density at radius 1 is 1.36 bits per heavy atom. The van der Waals surface area contributed by atoms with Crippen molar-refractivity contribution in [3.63, 3.8) is 0 Å². The minimum atomic E-state index is -0.408. The number of aryl methyl sites for hydroxylation is 1. The molecule has 0 saturated carbocycles. The lowest BCUT2D eigenvalue weighted by molar-refractivity contribution is -0.136. The Morgan fingerprint density at radius 2 is 2.08 bits per heavy atom. The molecule has 1 aromatic rings. The first-order valence-corrected chi connectivity index (χ1v) is 9.43. The lowest BCUT2D eigenvalue weighted by Crippen LogP contribution is -2.51. The van der Waals surface area contributed by atoms with Crippen LogP contribution >= 0.6 is 0 Å². The number of nitrogens with zero attached hydrogens (tertiary/aromatic N) is 1. The van der Waals surface area contributed by atoms with E-state index < -0.39 is 5.41 Å². The quantitative estimate of drug-likeness (QED) is 0.786. The zero-order chi connectivity index (χ0) is 17.7. The third kappa shape index (κ3) is 4.25. The van der Waals surface area contributed by atoms with Gasteiger partial charge in [0.15, 0.2) is 0 Å². The number of hydrogen-bond donors (Lipinski definition) is 2. The summed E-state index contributed by atoms with van der Waals surface area (Å²) in [5.41, 5.74) is -0.408. The minimum Gasteiger partial charge on any atom is -0.465 e. The van der Waals surface area contributed by atoms with Crippen molar-refractivity contribution >= 4 is 5.91 Å². The number of furan rings is 1. The summed E-state index contributed by atoms with van der Waals surface area (Å²) in [6.45, 7) is 6.89. The highest BCUT2D eigenvalue weighted by atomic mass is 16.5. The van der Waals surface area contributed by atoms with Crippen LogP contribution in [-0.4, -0.2) is 57.2 Å². The van der Waals surface area contributed by atoms with Crippen LogP contribution in [0, 0.1) is 12.3 Å². The minimum absolute atomic E-state index is 0.112. The molecule has 2 saturated heterocycles. The third-order valence-corrected chi connectivity index (χ3v) is 5.59. The highest BCUT2D eigenvalue weighted by Crippen LogP contribution is 2.31. The molecule has 1 amide bonds. The molecule has 2 aliphatic rings. The molecule has 3 heterocycles. The molecule has 140 valence electrons. The fourth-order valence-corrected chi connectivity index (χ4v) is 4.09. The van der Waals surface area contributed by atoms with Gasteiger partial charge in [-0.05, 0) is 70.9 Å². The second kappa shape index (κ2) is 8.34. The molecule has 6 heteroatoms. The van der Waals surface area contributed by atoms with Gasteiger partial charge in [-0.3, -0.25) is 9.69 Å². The van der Waals surface area contributed by atoms with Gasteiger partial charge in [-0.2, -0.15) is 0 Å². The van der Waals surface area contributed by atoms with Crippen LogP contribution in [0.5, 0.6) is 0 Å². The van der Waals surface area contributed by atoms with Gasteiger partial charge < -0.3 is 19.8 Å². The van der Waals surface area contributed by atoms with Gasteiger partial charge in [0.1, 0.15) is 11.5 Å². The predicted octanol–water partition coefficient (Wildman–Crippen LogP) is 1.86. The molecule has 25 heavy (non-hydrogen) atoms. The van der Waals surface area contributed by atoms with E-state index in [-0.39, 0.29) is 11.9 Å². The first-order valence-electron chi connectivity index (χ1n) is 9.43. The number of likely N-dealkylation sites (tertiary alicyclic amines) is 1. The number of piperidine rings is 1. The van der Waals surface area contributed by atoms with Crippen molar-refractivity contribution in [3.8, 4) is 0 Å². The number of carbonyl (C=O) groups excluding carboxylic acids is 1. The number of carbonyl (C=O) groups is 1. The Balaban J connectivity index is 1.68. The van der Waals surface area contributed by atoms with E-state index in [1.165, 1.54) is 12.8 Å². The summed E-state index contributed by atoms with van der Waals surface area (Å²) >= 11 is 0. The van der Waals surface area contributed by atoms with Crippen LogP contribution in [0.2, 0.25) is 0 Å². The number of rotatable bonds is 7. The molecule has 0 spiro atoms. The molecule has 1 unspecified atom stereocenters. The summed E-state index contributed by atoms with van der Waals surface area (Å²) < 4.78 is 11.3. The van der Waals surface area contributed by atoms with Crippen molar-refractivity contribution in [2.75, 3.05) is 46.4 Å². The zero-order valence-electron chi connectivity index (χ0n) is 15.5. The monoisotopic (exact) mass is 349 g/mol. The molecule has 1 atom stereocenters. The zero-order valence-corrected chi connectivity index (χ0v) is 15.5. The van der Waals surface area contributed by atoms with Gasteiger partial charge in [0.25, 0.3) is 0 Å². The topological polar surface area (TPSA) is 66.7 Å². The maximum Gasteiger partial charge on any atom is 0.228 e. The molecule has 0 aliphatic carbocycles. The average molecular weight is 349 g/mol. The molecule has 6 nitrogen and oxygen atoms in total. The summed E-state index contributed by atoms with van der Waals surface area (Å²) in [5.74, 6) is 1.98. The number of hydrogen-bond acceptors (Lipinski definition) is 5. The van der Waals surface area contributed by atoms with Crippen LogP contribution in [0.1, 0.15) is 43.2 Å². The van der Waals surface area contributed by atoms with Crippen LogP contribution in [0.4, 0.5) is 0 Å². The van der Waals surface area contributed by atoms with E-state index in [0.29, 0.717) is 13.2 Å². The van der Waals surface area contributed by atoms with E-state index in [0.717, 1.165) is 50.5 Å². The Bertz CT molecular complexity index is 555. The van der Waals surface area contributed by atoms with E-state index in [9.17, 15) is 4.79 Å². The SMILES string of the molecule is COCC1(C(=O)NCC(c2ccc(C)o2)N2CCCC2)CCNCC1. The lowest BCUT2D eigenvalue weighted by atomic mass is 9.78. The van der Waals surface area contributed by atoms with Gasteiger partial charge >= 0.3 is 0 Å². The Morgan fingerprint density at radius 3 is 2.68 bits per heavy atom. The number of nitrogens with one attached hydrogen (secondary N) is 2. The summed E-state index contributed by atoms with van der Waals surface area (Å²) in [6.07, 6.45) is 4.06. The molecule has 0 radical (unpaired) electrons. The summed E-state index contributed by atoms with van der Waals surface area (Å²) in [4.78, 5) is 15.4. The van der Waals surface area contributed by atoms with E-state index in [1.54, 1.807) is 7.11 Å². The van der Waals surface area contributed by atoms with Gasteiger partial charge in [-0.1, -0.05) is 0 Å². The number of amides is 1. The van der Waals surface area contributed by atoms with Crippen molar-refractivity contribution in [2.24, 2.45) is 5.41 Å². The van der Waals surface area contributed by atoms with Crippen LogP contribution in [-0.2, 0) is 9.53 Å². The van der Waals surface area contributed by atoms with Crippen molar-refractivity contribution in [2.45, 2.75) is 38.6 Å². The van der Waals surface area contributed by atoms with Crippen LogP contribution < -0.4 is 10.6 Å². The van der Waals surface area contributed by atoms with Crippen molar-refractivity contribution in [1.29, 1.82) is 0 Å². The highest BCUT2D eigenvalue weighted by molar-refractivity contribution is 5.83. The molecular formula is C19H31N3O3. The van der Waals surface area contributed by atoms with Crippen LogP contribution in [0.25, 0.3) is 0 Å². The maximum absolute atomic E-state index is 13.0. The van der Waals surface area contributed by atoms with Crippen LogP contribution in [0.3, 0.4) is 0 Å². The average Bonchev–Trinajstić information content (AvgIpc) is 3.28. The molecule has 1 aromatic heterocycles. The second-order valence-corrected chi connectivity index (χ2v) is 7.38. The van der Waals surface area contributed by atoms with Crippen LogP contribution in [0.15, 0.2) is 16.5 Å². The van der Waals surface area contributed by atoms with Gasteiger partial charge in [0, 0.05) is 13.7 Å². The Labute approximate surface area is 150 Å². The first kappa shape index (κ1) is 18.4. The molecule has 0 aromatic carbocycles. The van der Waals surface area contributed by atoms with E-state index >= 15 is 0 Å². The lowest BCUT2D eigenvalue weighted by Gasteiger charge is -2.36. The smallest absolute Gasteiger partial charge is 0.228 e. The molecule has 3 rings (SSSR count). The highest BCUT2D eigenvalue weighted by Gasteiger charge is 2.40. The largest absolute Gasteiger partial charge is 0.465 e. The normalized spacial score (nSPS) is 22.0. The molecule has 0 bridgehead atoms. The van der Waals surface area contributed by atoms with Crippen molar-refractivity contribution in [1.82, 2.24) is 15.5 Å². The summed E-state index contributed by atoms with van der Waals surface area (Å²) in [6, 6.07) is 4.15. The molecular weight excluding hydrogens is 318 g/mol. The Kier molecular flexibility index (Phi) is 6.15.